The summed E-state index contributed by atoms with van der Waals surface area (Å²) in [6, 6.07) is 6.99. The van der Waals surface area contributed by atoms with E-state index in [0.717, 1.165) is 5.69 Å². The van der Waals surface area contributed by atoms with E-state index in [1.165, 1.54) is 0 Å². The van der Waals surface area contributed by atoms with Crippen LogP contribution in [-0.4, -0.2) is 9.55 Å². The fourth-order valence-corrected chi connectivity index (χ4v) is 1.77. The maximum atomic E-state index is 11.7. The Morgan fingerprint density at radius 2 is 2.25 bits per heavy atom. The average molecular weight is 280 g/mol. The summed E-state index contributed by atoms with van der Waals surface area (Å²) in [6.07, 6.45) is 3.35. The van der Waals surface area contributed by atoms with E-state index in [9.17, 15) is 4.79 Å². The standard InChI is InChI=1S/C11H10BrN3O/c12-10-2-1-5-15(11(10)16)7-9-6-8(13)3-4-14-9/h1-6H,7H2,(H2,13,14). The van der Waals surface area contributed by atoms with Crippen LogP contribution in [-0.2, 0) is 6.54 Å². The molecule has 2 aromatic heterocycles. The van der Waals surface area contributed by atoms with Gasteiger partial charge in [0.25, 0.3) is 5.56 Å². The molecule has 16 heavy (non-hydrogen) atoms. The normalized spacial score (nSPS) is 10.3. The number of halogens is 1. The van der Waals surface area contributed by atoms with Gasteiger partial charge in [-0.05, 0) is 40.2 Å². The van der Waals surface area contributed by atoms with Gasteiger partial charge in [-0.2, -0.15) is 0 Å². The molecule has 0 atom stereocenters. The molecule has 0 saturated heterocycles. The fraction of sp³-hybridized carbons (Fsp3) is 0.0909. The Balaban J connectivity index is 2.34. The van der Waals surface area contributed by atoms with Gasteiger partial charge in [0.1, 0.15) is 0 Å². The summed E-state index contributed by atoms with van der Waals surface area (Å²) in [5.74, 6) is 0. The second kappa shape index (κ2) is 4.49. The van der Waals surface area contributed by atoms with Crippen LogP contribution in [0, 0.1) is 0 Å². The molecule has 0 amide bonds. The number of nitrogen functional groups attached to an aromatic ring is 1. The van der Waals surface area contributed by atoms with Gasteiger partial charge in [0.2, 0.25) is 0 Å². The minimum atomic E-state index is -0.0771. The van der Waals surface area contributed by atoms with Gasteiger partial charge in [-0.25, -0.2) is 0 Å². The molecule has 4 nitrogen and oxygen atoms in total. The monoisotopic (exact) mass is 279 g/mol. The Morgan fingerprint density at radius 3 is 3.00 bits per heavy atom. The lowest BCUT2D eigenvalue weighted by molar-refractivity contribution is 0.736. The first-order chi connectivity index (χ1) is 7.66. The van der Waals surface area contributed by atoms with E-state index < -0.39 is 0 Å². The maximum absolute atomic E-state index is 11.7. The van der Waals surface area contributed by atoms with Gasteiger partial charge < -0.3 is 10.3 Å². The van der Waals surface area contributed by atoms with Crippen LogP contribution in [0.4, 0.5) is 5.69 Å². The Labute approximate surface area is 101 Å². The third-order valence-corrected chi connectivity index (χ3v) is 2.75. The molecule has 2 aromatic rings. The van der Waals surface area contributed by atoms with E-state index >= 15 is 0 Å². The smallest absolute Gasteiger partial charge is 0.265 e. The average Bonchev–Trinajstić information content (AvgIpc) is 2.25. The molecule has 0 fully saturated rings. The van der Waals surface area contributed by atoms with Crippen molar-refractivity contribution >= 4 is 21.6 Å². The molecular formula is C11H10BrN3O. The van der Waals surface area contributed by atoms with Gasteiger partial charge in [-0.3, -0.25) is 9.78 Å². The first-order valence-electron chi connectivity index (χ1n) is 4.72. The summed E-state index contributed by atoms with van der Waals surface area (Å²) < 4.78 is 2.12. The number of nitrogens with two attached hydrogens (primary N) is 1. The second-order valence-electron chi connectivity index (χ2n) is 3.37. The lowest BCUT2D eigenvalue weighted by Crippen LogP contribution is -2.20. The first-order valence-corrected chi connectivity index (χ1v) is 5.51. The van der Waals surface area contributed by atoms with Crippen LogP contribution in [0.5, 0.6) is 0 Å². The number of hydrogen-bond donors (Lipinski definition) is 1. The quantitative estimate of drug-likeness (QED) is 0.909. The molecule has 0 radical (unpaired) electrons. The van der Waals surface area contributed by atoms with Crippen LogP contribution in [0.1, 0.15) is 5.69 Å². The van der Waals surface area contributed by atoms with Gasteiger partial charge in [-0.1, -0.05) is 0 Å². The highest BCUT2D eigenvalue weighted by Gasteiger charge is 2.01. The van der Waals surface area contributed by atoms with Crippen molar-refractivity contribution in [3.05, 3.63) is 57.2 Å². The molecule has 0 spiro atoms. The van der Waals surface area contributed by atoms with Gasteiger partial charge in [0, 0.05) is 18.1 Å². The van der Waals surface area contributed by atoms with E-state index in [0.29, 0.717) is 16.7 Å². The highest BCUT2D eigenvalue weighted by molar-refractivity contribution is 9.10. The SMILES string of the molecule is Nc1ccnc(Cn2cccc(Br)c2=O)c1. The van der Waals surface area contributed by atoms with E-state index in [4.69, 9.17) is 5.73 Å². The summed E-state index contributed by atoms with van der Waals surface area (Å²) in [5.41, 5.74) is 6.98. The molecular weight excluding hydrogens is 270 g/mol. The van der Waals surface area contributed by atoms with Crippen molar-refractivity contribution in [2.45, 2.75) is 6.54 Å². The summed E-state index contributed by atoms with van der Waals surface area (Å²) in [5, 5.41) is 0. The maximum Gasteiger partial charge on any atom is 0.265 e. The number of hydrogen-bond acceptors (Lipinski definition) is 3. The summed E-state index contributed by atoms with van der Waals surface area (Å²) in [6.45, 7) is 0.420. The lowest BCUT2D eigenvalue weighted by atomic mass is 10.3. The predicted molar refractivity (Wildman–Crippen MR) is 66.2 cm³/mol. The van der Waals surface area contributed by atoms with Crippen molar-refractivity contribution in [1.29, 1.82) is 0 Å². The number of rotatable bonds is 2. The van der Waals surface area contributed by atoms with Crippen molar-refractivity contribution in [3.8, 4) is 0 Å². The van der Waals surface area contributed by atoms with Crippen molar-refractivity contribution < 1.29 is 0 Å². The zero-order chi connectivity index (χ0) is 11.5. The second-order valence-corrected chi connectivity index (χ2v) is 4.22. The molecule has 0 bridgehead atoms. The lowest BCUT2D eigenvalue weighted by Gasteiger charge is -2.05. The molecule has 0 aliphatic carbocycles. The van der Waals surface area contributed by atoms with Gasteiger partial charge in [0.05, 0.1) is 16.7 Å². The Morgan fingerprint density at radius 1 is 1.44 bits per heavy atom. The van der Waals surface area contributed by atoms with E-state index in [2.05, 4.69) is 20.9 Å². The highest BCUT2D eigenvalue weighted by atomic mass is 79.9. The van der Waals surface area contributed by atoms with E-state index in [1.54, 1.807) is 41.2 Å². The Hall–Kier alpha value is -1.62. The van der Waals surface area contributed by atoms with E-state index in [-0.39, 0.29) is 5.56 Å². The zero-order valence-electron chi connectivity index (χ0n) is 8.43. The molecule has 2 N–H and O–H groups in total. The molecule has 0 aliphatic heterocycles. The van der Waals surface area contributed by atoms with Crippen LogP contribution < -0.4 is 11.3 Å². The summed E-state index contributed by atoms with van der Waals surface area (Å²) in [4.78, 5) is 15.9. The molecule has 2 rings (SSSR count). The largest absolute Gasteiger partial charge is 0.399 e. The molecule has 82 valence electrons. The predicted octanol–water partition coefficient (Wildman–Crippen LogP) is 1.64. The van der Waals surface area contributed by atoms with Crippen molar-refractivity contribution in [1.82, 2.24) is 9.55 Å². The molecule has 0 aromatic carbocycles. The first kappa shape index (κ1) is 10.9. The van der Waals surface area contributed by atoms with Gasteiger partial charge in [0.15, 0.2) is 0 Å². The van der Waals surface area contributed by atoms with Crippen LogP contribution in [0.25, 0.3) is 0 Å². The molecule has 5 heteroatoms. The molecule has 2 heterocycles. The third-order valence-electron chi connectivity index (χ3n) is 2.15. The van der Waals surface area contributed by atoms with Crippen molar-refractivity contribution in [3.63, 3.8) is 0 Å². The third kappa shape index (κ3) is 2.30. The van der Waals surface area contributed by atoms with Crippen molar-refractivity contribution in [2.75, 3.05) is 5.73 Å². The van der Waals surface area contributed by atoms with Crippen molar-refractivity contribution in [2.24, 2.45) is 0 Å². The van der Waals surface area contributed by atoms with Crippen LogP contribution in [0.2, 0.25) is 0 Å². The zero-order valence-corrected chi connectivity index (χ0v) is 10.0. The van der Waals surface area contributed by atoms with E-state index in [1.807, 2.05) is 0 Å². The number of aromatic nitrogens is 2. The number of pyridine rings is 2. The van der Waals surface area contributed by atoms with Crippen LogP contribution in [0.3, 0.4) is 0 Å². The molecule has 0 unspecified atom stereocenters. The summed E-state index contributed by atoms with van der Waals surface area (Å²) in [7, 11) is 0. The molecule has 0 saturated carbocycles. The minimum absolute atomic E-state index is 0.0771. The van der Waals surface area contributed by atoms with Gasteiger partial charge >= 0.3 is 0 Å². The fourth-order valence-electron chi connectivity index (χ4n) is 1.39. The summed E-state index contributed by atoms with van der Waals surface area (Å²) >= 11 is 3.20. The number of nitrogens with zero attached hydrogens (tertiary/aromatic N) is 2. The number of anilines is 1. The van der Waals surface area contributed by atoms with Gasteiger partial charge in [-0.15, -0.1) is 0 Å². The highest BCUT2D eigenvalue weighted by Crippen LogP contribution is 2.05. The van der Waals surface area contributed by atoms with Crippen LogP contribution in [0.15, 0.2) is 45.9 Å². The van der Waals surface area contributed by atoms with Crippen LogP contribution >= 0.6 is 15.9 Å². The Bertz CT molecular complexity index is 565. The molecule has 0 aliphatic rings. The minimum Gasteiger partial charge on any atom is -0.399 e. The Kier molecular flexibility index (Phi) is 3.05. The topological polar surface area (TPSA) is 60.9 Å².